The molecule has 0 spiro atoms. The van der Waals surface area contributed by atoms with E-state index in [-0.39, 0.29) is 13.3 Å². The molecule has 1 aromatic carbocycles. The van der Waals surface area contributed by atoms with Gasteiger partial charge in [0, 0.05) is 6.54 Å². The van der Waals surface area contributed by atoms with E-state index in [1.165, 1.54) is 50.5 Å². The van der Waals surface area contributed by atoms with Crippen molar-refractivity contribution in [3.05, 3.63) is 41.8 Å². The summed E-state index contributed by atoms with van der Waals surface area (Å²) in [5.74, 6) is 0.884. The molecule has 162 valence electrons. The number of nitrogens with zero attached hydrogens (tertiary/aromatic N) is 1. The molecule has 1 N–H and O–H groups in total. The number of fused-ring (bicyclic) bond motifs is 2. The van der Waals surface area contributed by atoms with E-state index in [0.717, 1.165) is 44.9 Å². The van der Waals surface area contributed by atoms with Gasteiger partial charge in [0.2, 0.25) is 0 Å². The molecular weight excluding hydrogens is 380 g/mol. The molecule has 3 nitrogen and oxygen atoms in total. The first-order chi connectivity index (χ1) is 13.5. The highest BCUT2D eigenvalue weighted by molar-refractivity contribution is 6.33. The Hall–Kier alpha value is -1.06. The van der Waals surface area contributed by atoms with Crippen molar-refractivity contribution in [3.63, 3.8) is 0 Å². The fraction of sp³-hybridized carbons (Fsp3) is 0.680. The summed E-state index contributed by atoms with van der Waals surface area (Å²) in [6.45, 7) is 8.50. The van der Waals surface area contributed by atoms with Gasteiger partial charge in [0.05, 0.1) is 10.6 Å². The third-order valence-corrected chi connectivity index (χ3v) is 7.42. The van der Waals surface area contributed by atoms with Gasteiger partial charge in [0.1, 0.15) is 0 Å². The molecule has 2 aliphatic carbocycles. The molecule has 1 aromatic rings. The summed E-state index contributed by atoms with van der Waals surface area (Å²) in [4.78, 5) is 15.3. The molecule has 4 heteroatoms. The molecule has 3 rings (SSSR count). The van der Waals surface area contributed by atoms with E-state index in [2.05, 4.69) is 30.1 Å². The highest BCUT2D eigenvalue weighted by Gasteiger charge is 2.39. The van der Waals surface area contributed by atoms with E-state index in [0.29, 0.717) is 16.0 Å². The fourth-order valence-electron chi connectivity index (χ4n) is 5.38. The molecule has 2 bridgehead atoms. The van der Waals surface area contributed by atoms with Gasteiger partial charge in [0.15, 0.2) is 0 Å². The smallest absolute Gasteiger partial charge is 0.252 e. The lowest BCUT2D eigenvalue weighted by Crippen LogP contribution is -2.43. The van der Waals surface area contributed by atoms with Crippen LogP contribution in [-0.4, -0.2) is 37.0 Å². The summed E-state index contributed by atoms with van der Waals surface area (Å²) in [5.41, 5.74) is 2.18. The molecule has 29 heavy (non-hydrogen) atoms. The van der Waals surface area contributed by atoms with Crippen LogP contribution in [0.5, 0.6) is 0 Å². The zero-order chi connectivity index (χ0) is 20.0. The number of aryl methyl sites for hydroxylation is 1. The topological polar surface area (TPSA) is 32.3 Å². The Balaban J connectivity index is 0.00000300. The van der Waals surface area contributed by atoms with Crippen molar-refractivity contribution in [2.75, 3.05) is 26.2 Å². The summed E-state index contributed by atoms with van der Waals surface area (Å²) < 4.78 is 0. The van der Waals surface area contributed by atoms with Crippen LogP contribution in [0.3, 0.4) is 0 Å². The van der Waals surface area contributed by atoms with Gasteiger partial charge >= 0.3 is 0 Å². The minimum absolute atomic E-state index is 0. The molecule has 2 saturated carbocycles. The van der Waals surface area contributed by atoms with Gasteiger partial charge in [0.25, 0.3) is 5.91 Å². The Morgan fingerprint density at radius 1 is 1.21 bits per heavy atom. The predicted octanol–water partition coefficient (Wildman–Crippen LogP) is 6.03. The second-order valence-electron chi connectivity index (χ2n) is 8.98. The van der Waals surface area contributed by atoms with Gasteiger partial charge in [-0.15, -0.1) is 0 Å². The Kier molecular flexibility index (Phi) is 9.49. The lowest BCUT2D eigenvalue weighted by molar-refractivity contribution is 0.0681. The number of hydrogen-bond acceptors (Lipinski definition) is 2. The third-order valence-electron chi connectivity index (χ3n) is 7.09. The van der Waals surface area contributed by atoms with Gasteiger partial charge in [-0.25, -0.2) is 0 Å². The first-order valence-electron chi connectivity index (χ1n) is 11.3. The van der Waals surface area contributed by atoms with Crippen LogP contribution in [0.1, 0.15) is 81.1 Å². The summed E-state index contributed by atoms with van der Waals surface area (Å²) >= 11 is 6.38. The number of amides is 1. The third kappa shape index (κ3) is 6.46. The highest BCUT2D eigenvalue weighted by Crippen LogP contribution is 2.48. The van der Waals surface area contributed by atoms with Crippen LogP contribution in [0.15, 0.2) is 18.2 Å². The molecule has 0 unspecified atom stereocenters. The van der Waals surface area contributed by atoms with Crippen molar-refractivity contribution in [2.45, 2.75) is 71.6 Å². The van der Waals surface area contributed by atoms with Crippen molar-refractivity contribution in [1.29, 1.82) is 0 Å². The van der Waals surface area contributed by atoms with Gasteiger partial charge < -0.3 is 10.2 Å². The Morgan fingerprint density at radius 2 is 1.90 bits per heavy atom. The molecule has 2 fully saturated rings. The highest BCUT2D eigenvalue weighted by atomic mass is 35.5. The lowest BCUT2D eigenvalue weighted by Gasteiger charge is -2.45. The zero-order valence-corrected chi connectivity index (χ0v) is 19.2. The number of rotatable bonds is 9. The standard InChI is InChI=1S/C24H37ClN2O.CH2/c1-3-27(4-2)15-7-10-19-11-12-22(25)21(16-19)23(28)26-18-24-13-5-8-20(17-24)9-6-14-24;/h11-12,16,20H,3-10,13-15,17-18H2,1-2H3,(H,26,28);1H2. The maximum absolute atomic E-state index is 12.9. The van der Waals surface area contributed by atoms with E-state index in [9.17, 15) is 4.79 Å². The molecular formula is C25H39ClN2O. The van der Waals surface area contributed by atoms with Crippen molar-refractivity contribution >= 4 is 17.5 Å². The van der Waals surface area contributed by atoms with Gasteiger partial charge in [-0.05, 0) is 80.8 Å². The minimum Gasteiger partial charge on any atom is -0.351 e. The van der Waals surface area contributed by atoms with Crippen molar-refractivity contribution in [3.8, 4) is 0 Å². The van der Waals surface area contributed by atoms with Gasteiger partial charge in [-0.1, -0.05) is 64.6 Å². The van der Waals surface area contributed by atoms with Crippen molar-refractivity contribution < 1.29 is 4.79 Å². The largest absolute Gasteiger partial charge is 0.351 e. The Labute approximate surface area is 183 Å². The predicted molar refractivity (Wildman–Crippen MR) is 123 cm³/mol. The molecule has 2 aliphatic rings. The molecule has 2 radical (unpaired) electrons. The molecule has 0 aromatic heterocycles. The number of hydrogen-bond donors (Lipinski definition) is 1. The summed E-state index contributed by atoms with van der Waals surface area (Å²) in [6.07, 6.45) is 11.3. The quantitative estimate of drug-likeness (QED) is 0.530. The number of carbonyl (C=O) groups is 1. The van der Waals surface area contributed by atoms with Crippen LogP contribution < -0.4 is 5.32 Å². The molecule has 0 heterocycles. The van der Waals surface area contributed by atoms with Crippen LogP contribution in [0.25, 0.3) is 0 Å². The number of benzene rings is 1. The SMILES string of the molecule is CCN(CC)CCCc1ccc(Cl)c(C(=O)NCC23CCCC(CCC2)C3)c1.[CH2]. The Morgan fingerprint density at radius 3 is 2.55 bits per heavy atom. The van der Waals surface area contributed by atoms with Crippen molar-refractivity contribution in [1.82, 2.24) is 10.2 Å². The first-order valence-corrected chi connectivity index (χ1v) is 11.7. The van der Waals surface area contributed by atoms with E-state index in [1.807, 2.05) is 12.1 Å². The fourth-order valence-corrected chi connectivity index (χ4v) is 5.59. The van der Waals surface area contributed by atoms with Gasteiger partial charge in [-0.3, -0.25) is 4.79 Å². The van der Waals surface area contributed by atoms with E-state index < -0.39 is 0 Å². The molecule has 0 atom stereocenters. The zero-order valence-electron chi connectivity index (χ0n) is 18.4. The average Bonchev–Trinajstić information content (AvgIpc) is 2.71. The maximum atomic E-state index is 12.9. The summed E-state index contributed by atoms with van der Waals surface area (Å²) in [7, 11) is 0. The number of carbonyl (C=O) groups excluding carboxylic acids is 1. The van der Waals surface area contributed by atoms with E-state index >= 15 is 0 Å². The van der Waals surface area contributed by atoms with Crippen LogP contribution in [0, 0.1) is 18.8 Å². The van der Waals surface area contributed by atoms with Crippen LogP contribution in [0.4, 0.5) is 0 Å². The number of halogens is 1. The lowest BCUT2D eigenvalue weighted by atomic mass is 9.62. The normalized spacial score (nSPS) is 23.5. The molecule has 1 amide bonds. The van der Waals surface area contributed by atoms with Crippen LogP contribution in [0.2, 0.25) is 5.02 Å². The number of nitrogens with one attached hydrogen (secondary N) is 1. The summed E-state index contributed by atoms with van der Waals surface area (Å²) in [6, 6.07) is 5.95. The monoisotopic (exact) mass is 418 g/mol. The summed E-state index contributed by atoms with van der Waals surface area (Å²) in [5, 5.41) is 3.81. The van der Waals surface area contributed by atoms with E-state index in [1.54, 1.807) is 0 Å². The van der Waals surface area contributed by atoms with E-state index in [4.69, 9.17) is 11.6 Å². The maximum Gasteiger partial charge on any atom is 0.252 e. The second-order valence-corrected chi connectivity index (χ2v) is 9.39. The van der Waals surface area contributed by atoms with Crippen molar-refractivity contribution in [2.24, 2.45) is 11.3 Å². The van der Waals surface area contributed by atoms with Crippen LogP contribution >= 0.6 is 11.6 Å². The minimum atomic E-state index is -0.00216. The first kappa shape index (κ1) is 24.2. The Bertz CT molecular complexity index is 646. The molecule has 0 aliphatic heterocycles. The molecule has 0 saturated heterocycles. The van der Waals surface area contributed by atoms with Crippen LogP contribution in [-0.2, 0) is 6.42 Å². The van der Waals surface area contributed by atoms with Gasteiger partial charge in [-0.2, -0.15) is 0 Å². The second kappa shape index (κ2) is 11.4. The average molecular weight is 419 g/mol.